The number of ether oxygens (including phenoxy) is 1. The van der Waals surface area contributed by atoms with Crippen LogP contribution >= 0.6 is 0 Å². The van der Waals surface area contributed by atoms with Crippen molar-refractivity contribution < 1.29 is 38.2 Å². The normalized spacial score (nSPS) is 24.1. The van der Waals surface area contributed by atoms with Crippen molar-refractivity contribution in [2.75, 3.05) is 33.3 Å². The summed E-state index contributed by atoms with van der Waals surface area (Å²) >= 11 is 0. The van der Waals surface area contributed by atoms with E-state index in [2.05, 4.69) is 5.32 Å². The number of hydrogen-bond acceptors (Lipinski definition) is 6. The SMILES string of the molecule is COc1ccc(CCC(O)(C(=O)N[C@H]2C[N+]3(CCC(N)=O)CCC2CC3)c2ccco2)cc1.O=CO. The number of carbonyl (C=O) groups excluding carboxylic acids is 2. The Morgan fingerprint density at radius 2 is 1.92 bits per heavy atom. The van der Waals surface area contributed by atoms with Crippen molar-refractivity contribution in [3.8, 4) is 5.75 Å². The Morgan fingerprint density at radius 1 is 1.25 bits per heavy atom. The summed E-state index contributed by atoms with van der Waals surface area (Å²) in [6.45, 7) is 3.22. The molecule has 2 atom stereocenters. The van der Waals surface area contributed by atoms with E-state index in [1.165, 1.54) is 6.26 Å². The van der Waals surface area contributed by atoms with Gasteiger partial charge in [-0.25, -0.2) is 0 Å². The molecule has 0 spiro atoms. The van der Waals surface area contributed by atoms with Crippen LogP contribution in [0.15, 0.2) is 47.1 Å². The smallest absolute Gasteiger partial charge is 0.290 e. The molecule has 3 saturated heterocycles. The number of hydrogen-bond donors (Lipinski definition) is 4. The molecule has 0 saturated carbocycles. The van der Waals surface area contributed by atoms with Crippen LogP contribution in [0.3, 0.4) is 0 Å². The van der Waals surface area contributed by atoms with Gasteiger partial charge in [0.1, 0.15) is 11.5 Å². The molecule has 2 aromatic rings. The zero-order chi connectivity index (χ0) is 26.2. The van der Waals surface area contributed by atoms with Crippen LogP contribution in [-0.4, -0.2) is 72.3 Å². The van der Waals surface area contributed by atoms with Gasteiger partial charge in [0, 0.05) is 12.8 Å². The van der Waals surface area contributed by atoms with E-state index in [1.54, 1.807) is 19.2 Å². The largest absolute Gasteiger partial charge is 0.497 e. The Morgan fingerprint density at radius 3 is 2.47 bits per heavy atom. The highest BCUT2D eigenvalue weighted by Gasteiger charge is 2.49. The number of furan rings is 1. The first-order chi connectivity index (χ1) is 17.2. The van der Waals surface area contributed by atoms with E-state index < -0.39 is 11.5 Å². The van der Waals surface area contributed by atoms with Crippen LogP contribution in [0.25, 0.3) is 0 Å². The van der Waals surface area contributed by atoms with E-state index in [1.807, 2.05) is 24.3 Å². The molecule has 1 unspecified atom stereocenters. The fourth-order valence-corrected chi connectivity index (χ4v) is 5.38. The summed E-state index contributed by atoms with van der Waals surface area (Å²) in [4.78, 5) is 33.2. The van der Waals surface area contributed by atoms with Crippen molar-refractivity contribution in [1.29, 1.82) is 0 Å². The van der Waals surface area contributed by atoms with E-state index >= 15 is 0 Å². The van der Waals surface area contributed by atoms with Gasteiger partial charge in [-0.3, -0.25) is 14.4 Å². The van der Waals surface area contributed by atoms with E-state index in [9.17, 15) is 14.7 Å². The number of carboxylic acid groups (broad SMARTS) is 1. The Kier molecular flexibility index (Phi) is 9.11. The van der Waals surface area contributed by atoms with Crippen LogP contribution < -0.4 is 15.8 Å². The molecule has 0 aliphatic carbocycles. The van der Waals surface area contributed by atoms with E-state index in [-0.39, 0.29) is 30.6 Å². The van der Waals surface area contributed by atoms with Crippen LogP contribution in [-0.2, 0) is 26.4 Å². The fraction of sp³-hybridized carbons (Fsp3) is 0.500. The van der Waals surface area contributed by atoms with Crippen molar-refractivity contribution in [3.63, 3.8) is 0 Å². The number of aryl methyl sites for hydroxylation is 1. The second kappa shape index (κ2) is 12.0. The maximum absolute atomic E-state index is 13.5. The van der Waals surface area contributed by atoms with E-state index in [0.717, 1.165) is 48.3 Å². The molecule has 3 aliphatic heterocycles. The molecular weight excluding hydrogens is 466 g/mol. The molecule has 2 amide bonds. The Labute approximate surface area is 210 Å². The molecule has 5 rings (SSSR count). The lowest BCUT2D eigenvalue weighted by molar-refractivity contribution is -0.943. The molecule has 10 nitrogen and oxygen atoms in total. The quantitative estimate of drug-likeness (QED) is 0.283. The molecular formula is C26H36N3O7+. The van der Waals surface area contributed by atoms with Gasteiger partial charge in [-0.2, -0.15) is 0 Å². The Bertz CT molecular complexity index is 1000. The minimum absolute atomic E-state index is 0.0460. The van der Waals surface area contributed by atoms with Crippen molar-refractivity contribution >= 4 is 18.3 Å². The molecule has 5 N–H and O–H groups in total. The lowest BCUT2D eigenvalue weighted by atomic mass is 9.80. The van der Waals surface area contributed by atoms with Gasteiger partial charge in [0.15, 0.2) is 0 Å². The van der Waals surface area contributed by atoms with Crippen molar-refractivity contribution in [2.24, 2.45) is 11.7 Å². The van der Waals surface area contributed by atoms with Gasteiger partial charge in [-0.1, -0.05) is 12.1 Å². The van der Waals surface area contributed by atoms with Crippen molar-refractivity contribution in [1.82, 2.24) is 5.32 Å². The molecule has 4 heterocycles. The standard InChI is InChI=1S/C25H33N3O5.CH2O2/c1-32-20-6-4-18(5-7-20)8-12-25(31,22-3-2-16-33-22)24(30)27-21-17-28(15-11-23(26)29)13-9-19(21)10-14-28;2-1-3/h2-7,16,19,21,31H,8-15,17H2,1H3,(H2-,26,27,29,30);1H,(H,2,3)/p+1/t19?,21-,25?,28?;/m0./s1. The first-order valence-corrected chi connectivity index (χ1v) is 12.2. The van der Waals surface area contributed by atoms with Crippen LogP contribution in [0.5, 0.6) is 5.75 Å². The summed E-state index contributed by atoms with van der Waals surface area (Å²) in [6, 6.07) is 10.9. The highest BCUT2D eigenvalue weighted by Crippen LogP contribution is 2.35. The zero-order valence-electron chi connectivity index (χ0n) is 20.6. The number of methoxy groups -OCH3 is 1. The number of quaternary nitrogens is 1. The second-order valence-corrected chi connectivity index (χ2v) is 9.62. The average Bonchev–Trinajstić information content (AvgIpc) is 3.43. The number of aliphatic hydroxyl groups is 1. The number of nitrogens with two attached hydrogens (primary N) is 1. The third-order valence-electron chi connectivity index (χ3n) is 7.49. The van der Waals surface area contributed by atoms with Gasteiger partial charge in [0.2, 0.25) is 11.5 Å². The van der Waals surface area contributed by atoms with Gasteiger partial charge in [-0.15, -0.1) is 0 Å². The second-order valence-electron chi connectivity index (χ2n) is 9.62. The lowest BCUT2D eigenvalue weighted by Crippen LogP contribution is -2.68. The number of piperidine rings is 3. The Balaban J connectivity index is 0.00000115. The number of nitrogens with zero attached hydrogens (tertiary/aromatic N) is 1. The average molecular weight is 503 g/mol. The summed E-state index contributed by atoms with van der Waals surface area (Å²) in [5, 5.41) is 21.6. The third-order valence-corrected chi connectivity index (χ3v) is 7.49. The minimum Gasteiger partial charge on any atom is -0.497 e. The van der Waals surface area contributed by atoms with E-state index in [4.69, 9.17) is 24.8 Å². The summed E-state index contributed by atoms with van der Waals surface area (Å²) in [7, 11) is 1.61. The van der Waals surface area contributed by atoms with Crippen LogP contribution in [0.4, 0.5) is 0 Å². The lowest BCUT2D eigenvalue weighted by Gasteiger charge is -2.53. The monoisotopic (exact) mass is 502 g/mol. The summed E-state index contributed by atoms with van der Waals surface area (Å²) in [5.74, 6) is 0.658. The molecule has 36 heavy (non-hydrogen) atoms. The number of nitrogens with one attached hydrogen (secondary N) is 1. The maximum Gasteiger partial charge on any atom is 0.290 e. The molecule has 10 heteroatoms. The van der Waals surface area contributed by atoms with Gasteiger partial charge < -0.3 is 34.9 Å². The van der Waals surface area contributed by atoms with Crippen molar-refractivity contribution in [3.05, 3.63) is 54.0 Å². The topological polar surface area (TPSA) is 152 Å². The summed E-state index contributed by atoms with van der Waals surface area (Å²) in [6.07, 6.45) is 4.51. The first kappa shape index (κ1) is 27.2. The van der Waals surface area contributed by atoms with Gasteiger partial charge in [0.05, 0.1) is 52.0 Å². The molecule has 196 valence electrons. The molecule has 3 fully saturated rings. The molecule has 1 aromatic heterocycles. The fourth-order valence-electron chi connectivity index (χ4n) is 5.38. The number of amides is 2. The van der Waals surface area contributed by atoms with Crippen molar-refractivity contribution in [2.45, 2.75) is 43.7 Å². The van der Waals surface area contributed by atoms with Gasteiger partial charge in [-0.05, 0) is 48.6 Å². The summed E-state index contributed by atoms with van der Waals surface area (Å²) < 4.78 is 11.5. The van der Waals surface area contributed by atoms with Crippen LogP contribution in [0.1, 0.15) is 37.0 Å². The number of fused-ring (bicyclic) bond motifs is 3. The van der Waals surface area contributed by atoms with E-state index in [0.29, 0.717) is 25.3 Å². The number of primary amides is 1. The maximum atomic E-state index is 13.5. The van der Waals surface area contributed by atoms with Gasteiger partial charge in [0.25, 0.3) is 12.4 Å². The molecule has 3 aliphatic rings. The molecule has 2 bridgehead atoms. The third kappa shape index (κ3) is 6.44. The minimum atomic E-state index is -1.77. The summed E-state index contributed by atoms with van der Waals surface area (Å²) in [5.41, 5.74) is 4.61. The van der Waals surface area contributed by atoms with Gasteiger partial charge >= 0.3 is 0 Å². The highest BCUT2D eigenvalue weighted by atomic mass is 16.5. The molecule has 0 radical (unpaired) electrons. The highest BCUT2D eigenvalue weighted by molar-refractivity contribution is 5.86. The molecule has 1 aromatic carbocycles. The first-order valence-electron chi connectivity index (χ1n) is 12.2. The van der Waals surface area contributed by atoms with Crippen LogP contribution in [0.2, 0.25) is 0 Å². The Hall–Kier alpha value is -3.37. The predicted molar refractivity (Wildman–Crippen MR) is 131 cm³/mol. The predicted octanol–water partition coefficient (Wildman–Crippen LogP) is 1.41. The number of carbonyl (C=O) groups is 3. The van der Waals surface area contributed by atoms with Crippen LogP contribution in [0, 0.1) is 5.92 Å². The number of rotatable bonds is 10. The number of benzene rings is 1. The zero-order valence-corrected chi connectivity index (χ0v) is 20.6.